The molecule has 0 unspecified atom stereocenters. The molecule has 3 aromatic rings. The smallest absolute Gasteiger partial charge is 0.409 e. The second kappa shape index (κ2) is 6.09. The summed E-state index contributed by atoms with van der Waals surface area (Å²) in [6.07, 6.45) is 1.09. The number of amides is 1. The third-order valence-corrected chi connectivity index (χ3v) is 3.54. The minimum atomic E-state index is -0.582. The number of H-pyrrole nitrogens is 2. The molecule has 0 aliphatic rings. The molecule has 0 bridgehead atoms. The van der Waals surface area contributed by atoms with Crippen LogP contribution in [0.5, 0.6) is 5.75 Å². The van der Waals surface area contributed by atoms with E-state index >= 15 is 0 Å². The first-order chi connectivity index (χ1) is 11.1. The Morgan fingerprint density at radius 1 is 1.35 bits per heavy atom. The number of carbonyl (C=O) groups excluding carboxylic acids is 1. The van der Waals surface area contributed by atoms with E-state index in [1.165, 1.54) is 7.05 Å². The van der Waals surface area contributed by atoms with Gasteiger partial charge in [-0.25, -0.2) is 4.79 Å². The topological polar surface area (TPSA) is 109 Å². The Hall–Kier alpha value is -2.87. The van der Waals surface area contributed by atoms with E-state index in [4.69, 9.17) is 16.3 Å². The zero-order valence-corrected chi connectivity index (χ0v) is 13.1. The van der Waals surface area contributed by atoms with Gasteiger partial charge in [-0.15, -0.1) is 0 Å². The van der Waals surface area contributed by atoms with Crippen LogP contribution in [0.2, 0.25) is 5.02 Å². The highest BCUT2D eigenvalue weighted by atomic mass is 35.5. The van der Waals surface area contributed by atoms with E-state index in [0.29, 0.717) is 10.7 Å². The summed E-state index contributed by atoms with van der Waals surface area (Å²) in [5, 5.41) is 20.4. The number of hydrogen-bond acceptors (Lipinski definition) is 5. The van der Waals surface area contributed by atoms with Crippen molar-refractivity contribution < 1.29 is 9.53 Å². The lowest BCUT2D eigenvalue weighted by atomic mass is 10.0. The molecule has 1 amide bonds. The SMILES string of the molecule is CNC(=O)Oc1ccc(-c2cn[nH]c2-c2n[nH]nc2C)cc1Cl. The molecule has 3 rings (SSSR count). The van der Waals surface area contributed by atoms with Crippen LogP contribution >= 0.6 is 11.6 Å². The highest BCUT2D eigenvalue weighted by molar-refractivity contribution is 6.32. The molecule has 8 nitrogen and oxygen atoms in total. The Morgan fingerprint density at radius 2 is 2.17 bits per heavy atom. The highest BCUT2D eigenvalue weighted by Crippen LogP contribution is 2.34. The van der Waals surface area contributed by atoms with Crippen LogP contribution in [0, 0.1) is 6.92 Å². The van der Waals surface area contributed by atoms with Crippen molar-refractivity contribution in [1.29, 1.82) is 0 Å². The molecule has 0 fully saturated rings. The second-order valence-corrected chi connectivity index (χ2v) is 5.11. The quantitative estimate of drug-likeness (QED) is 0.683. The van der Waals surface area contributed by atoms with E-state index in [1.807, 2.05) is 6.92 Å². The van der Waals surface area contributed by atoms with Gasteiger partial charge in [-0.3, -0.25) is 5.10 Å². The molecule has 2 aromatic heterocycles. The van der Waals surface area contributed by atoms with Gasteiger partial charge in [0.2, 0.25) is 0 Å². The lowest BCUT2D eigenvalue weighted by Gasteiger charge is -2.08. The molecule has 0 aliphatic carbocycles. The monoisotopic (exact) mass is 332 g/mol. The molecular formula is C14H13ClN6O2. The minimum Gasteiger partial charge on any atom is -0.409 e. The normalized spacial score (nSPS) is 10.6. The molecule has 23 heavy (non-hydrogen) atoms. The van der Waals surface area contributed by atoms with Crippen molar-refractivity contribution in [3.8, 4) is 28.3 Å². The fourth-order valence-corrected chi connectivity index (χ4v) is 2.33. The summed E-state index contributed by atoms with van der Waals surface area (Å²) in [7, 11) is 1.47. The summed E-state index contributed by atoms with van der Waals surface area (Å²) in [4.78, 5) is 11.3. The summed E-state index contributed by atoms with van der Waals surface area (Å²) in [5.74, 6) is 0.275. The number of rotatable bonds is 3. The van der Waals surface area contributed by atoms with Crippen LogP contribution in [0.3, 0.4) is 0 Å². The summed E-state index contributed by atoms with van der Waals surface area (Å²) < 4.78 is 5.06. The standard InChI is InChI=1S/C14H13ClN6O2/c1-7-12(20-21-18-7)13-9(6-17-19-13)8-3-4-11(10(15)5-8)23-14(22)16-2/h3-6H,1-2H3,(H,16,22)(H,17,19)(H,18,20,21). The van der Waals surface area contributed by atoms with Gasteiger partial charge in [-0.05, 0) is 24.6 Å². The predicted molar refractivity (Wildman–Crippen MR) is 84.2 cm³/mol. The number of benzene rings is 1. The number of hydrogen-bond donors (Lipinski definition) is 3. The predicted octanol–water partition coefficient (Wildman–Crippen LogP) is 2.54. The van der Waals surface area contributed by atoms with Gasteiger partial charge >= 0.3 is 6.09 Å². The van der Waals surface area contributed by atoms with E-state index < -0.39 is 6.09 Å². The van der Waals surface area contributed by atoms with Crippen molar-refractivity contribution in [2.24, 2.45) is 0 Å². The average molecular weight is 333 g/mol. The largest absolute Gasteiger partial charge is 0.412 e. The highest BCUT2D eigenvalue weighted by Gasteiger charge is 2.16. The molecule has 0 saturated heterocycles. The van der Waals surface area contributed by atoms with Gasteiger partial charge in [0.15, 0.2) is 5.75 Å². The molecule has 0 spiro atoms. The van der Waals surface area contributed by atoms with Crippen LogP contribution in [-0.2, 0) is 0 Å². The van der Waals surface area contributed by atoms with E-state index in [2.05, 4.69) is 30.9 Å². The Bertz CT molecular complexity index is 857. The van der Waals surface area contributed by atoms with Crippen LogP contribution < -0.4 is 10.1 Å². The Morgan fingerprint density at radius 3 is 2.83 bits per heavy atom. The Balaban J connectivity index is 1.98. The van der Waals surface area contributed by atoms with Crippen LogP contribution in [0.1, 0.15) is 5.69 Å². The molecule has 9 heteroatoms. The lowest BCUT2D eigenvalue weighted by molar-refractivity contribution is 0.203. The van der Waals surface area contributed by atoms with Crippen molar-refractivity contribution in [1.82, 2.24) is 30.9 Å². The van der Waals surface area contributed by atoms with Gasteiger partial charge in [0.05, 0.1) is 22.6 Å². The Kier molecular flexibility index (Phi) is 3.98. The van der Waals surface area contributed by atoms with Crippen LogP contribution in [0.15, 0.2) is 24.4 Å². The number of aromatic amines is 2. The number of nitrogens with zero attached hydrogens (tertiary/aromatic N) is 3. The Labute approximate surface area is 136 Å². The van der Waals surface area contributed by atoms with Crippen molar-refractivity contribution in [2.45, 2.75) is 6.92 Å². The van der Waals surface area contributed by atoms with Crippen molar-refractivity contribution >= 4 is 17.7 Å². The minimum absolute atomic E-state index is 0.275. The van der Waals surface area contributed by atoms with Gasteiger partial charge in [0.25, 0.3) is 0 Å². The van der Waals surface area contributed by atoms with Gasteiger partial charge in [0, 0.05) is 12.6 Å². The first-order valence-electron chi connectivity index (χ1n) is 6.70. The van der Waals surface area contributed by atoms with E-state index in [1.54, 1.807) is 24.4 Å². The third-order valence-electron chi connectivity index (χ3n) is 3.25. The fraction of sp³-hybridized carbons (Fsp3) is 0.143. The zero-order chi connectivity index (χ0) is 16.4. The molecule has 1 aromatic carbocycles. The van der Waals surface area contributed by atoms with Gasteiger partial charge in [-0.2, -0.15) is 20.5 Å². The second-order valence-electron chi connectivity index (χ2n) is 4.70. The van der Waals surface area contributed by atoms with Crippen molar-refractivity contribution in [3.63, 3.8) is 0 Å². The number of nitrogens with one attached hydrogen (secondary N) is 3. The maximum atomic E-state index is 11.3. The summed E-state index contributed by atoms with van der Waals surface area (Å²) in [6, 6.07) is 5.11. The molecule has 0 radical (unpaired) electrons. The maximum absolute atomic E-state index is 11.3. The van der Waals surface area contributed by atoms with Crippen LogP contribution in [-0.4, -0.2) is 38.7 Å². The molecule has 3 N–H and O–H groups in total. The number of halogens is 1. The number of ether oxygens (including phenoxy) is 1. The number of aryl methyl sites for hydroxylation is 1. The number of aromatic nitrogens is 5. The first-order valence-corrected chi connectivity index (χ1v) is 7.08. The fourth-order valence-electron chi connectivity index (χ4n) is 2.11. The number of carbonyl (C=O) groups is 1. The lowest BCUT2D eigenvalue weighted by Crippen LogP contribution is -2.22. The third kappa shape index (κ3) is 2.88. The molecular weight excluding hydrogens is 320 g/mol. The van der Waals surface area contributed by atoms with Gasteiger partial charge in [-0.1, -0.05) is 17.7 Å². The maximum Gasteiger partial charge on any atom is 0.412 e. The summed E-state index contributed by atoms with van der Waals surface area (Å²) >= 11 is 6.19. The molecule has 0 atom stereocenters. The van der Waals surface area contributed by atoms with Gasteiger partial charge < -0.3 is 10.1 Å². The van der Waals surface area contributed by atoms with Crippen molar-refractivity contribution in [2.75, 3.05) is 7.05 Å². The molecule has 0 aliphatic heterocycles. The summed E-state index contributed by atoms with van der Waals surface area (Å²) in [5.41, 5.74) is 3.79. The average Bonchev–Trinajstić information content (AvgIpc) is 3.17. The van der Waals surface area contributed by atoms with Crippen LogP contribution in [0.4, 0.5) is 4.79 Å². The van der Waals surface area contributed by atoms with Crippen molar-refractivity contribution in [3.05, 3.63) is 35.1 Å². The van der Waals surface area contributed by atoms with E-state index in [-0.39, 0.29) is 5.75 Å². The summed E-state index contributed by atoms with van der Waals surface area (Å²) in [6.45, 7) is 1.84. The molecule has 2 heterocycles. The van der Waals surface area contributed by atoms with Gasteiger partial charge in [0.1, 0.15) is 5.69 Å². The zero-order valence-electron chi connectivity index (χ0n) is 12.3. The first kappa shape index (κ1) is 15.0. The van der Waals surface area contributed by atoms with E-state index in [9.17, 15) is 4.79 Å². The molecule has 0 saturated carbocycles. The van der Waals surface area contributed by atoms with E-state index in [0.717, 1.165) is 22.5 Å². The molecule has 118 valence electrons. The van der Waals surface area contributed by atoms with Crippen LogP contribution in [0.25, 0.3) is 22.5 Å².